The van der Waals surface area contributed by atoms with E-state index in [-0.39, 0.29) is 29.2 Å². The van der Waals surface area contributed by atoms with Gasteiger partial charge in [0, 0.05) is 35.3 Å². The molecule has 1 amide bonds. The summed E-state index contributed by atoms with van der Waals surface area (Å²) in [5, 5.41) is 12.5. The van der Waals surface area contributed by atoms with Gasteiger partial charge in [0.05, 0.1) is 17.4 Å². The number of nitrogens with zero attached hydrogens (tertiary/aromatic N) is 1. The zero-order chi connectivity index (χ0) is 28.7. The Balaban J connectivity index is 1.30. The number of carboxylic acids is 1. The Hall–Kier alpha value is -4.60. The second-order valence-corrected chi connectivity index (χ2v) is 12.1. The first-order valence-electron chi connectivity index (χ1n) is 13.2. The van der Waals surface area contributed by atoms with Crippen molar-refractivity contribution in [1.82, 2.24) is 9.62 Å². The lowest BCUT2D eigenvalue weighted by molar-refractivity contribution is -0.137. The first-order valence-corrected chi connectivity index (χ1v) is 14.6. The minimum absolute atomic E-state index is 0.138. The second-order valence-electron chi connectivity index (χ2n) is 10.2. The van der Waals surface area contributed by atoms with Crippen LogP contribution in [0.1, 0.15) is 55.4 Å². The molecule has 6 rings (SSSR count). The fraction of sp³-hybridized carbons (Fsp3) is 0.156. The third-order valence-electron chi connectivity index (χ3n) is 7.67. The van der Waals surface area contributed by atoms with Crippen molar-refractivity contribution in [2.24, 2.45) is 0 Å². The van der Waals surface area contributed by atoms with Crippen molar-refractivity contribution in [3.63, 3.8) is 0 Å². The summed E-state index contributed by atoms with van der Waals surface area (Å²) in [4.78, 5) is 38.6. The molecule has 0 saturated carbocycles. The van der Waals surface area contributed by atoms with Gasteiger partial charge in [-0.15, -0.1) is 0 Å². The van der Waals surface area contributed by atoms with Gasteiger partial charge in [-0.25, -0.2) is 8.42 Å². The van der Waals surface area contributed by atoms with Gasteiger partial charge in [0.2, 0.25) is 10.0 Å². The van der Waals surface area contributed by atoms with E-state index in [2.05, 4.69) is 5.32 Å². The van der Waals surface area contributed by atoms with E-state index in [4.69, 9.17) is 0 Å². The minimum atomic E-state index is -3.70. The Bertz CT molecular complexity index is 1820. The van der Waals surface area contributed by atoms with Crippen LogP contribution in [0.25, 0.3) is 11.1 Å². The average Bonchev–Trinajstić information content (AvgIpc) is 3.28. The van der Waals surface area contributed by atoms with Crippen LogP contribution < -0.4 is 5.32 Å². The molecule has 0 saturated heterocycles. The van der Waals surface area contributed by atoms with Gasteiger partial charge in [-0.05, 0) is 46.9 Å². The predicted molar refractivity (Wildman–Crippen MR) is 152 cm³/mol. The molecular weight excluding hydrogens is 540 g/mol. The highest BCUT2D eigenvalue weighted by Gasteiger charge is 2.32. The molecule has 4 aromatic carbocycles. The maximum atomic E-state index is 13.6. The summed E-state index contributed by atoms with van der Waals surface area (Å²) in [5.41, 5.74) is 4.74. The van der Waals surface area contributed by atoms with E-state index >= 15 is 0 Å². The van der Waals surface area contributed by atoms with Crippen LogP contribution in [0.4, 0.5) is 0 Å². The van der Waals surface area contributed by atoms with Crippen LogP contribution in [0, 0.1) is 0 Å². The molecule has 0 aromatic heterocycles. The van der Waals surface area contributed by atoms with Crippen molar-refractivity contribution in [3.8, 4) is 11.1 Å². The number of fused-ring (bicyclic) bond motifs is 4. The lowest BCUT2D eigenvalue weighted by atomic mass is 9.94. The van der Waals surface area contributed by atoms with Gasteiger partial charge in [-0.2, -0.15) is 4.31 Å². The van der Waals surface area contributed by atoms with Crippen LogP contribution in [-0.4, -0.2) is 42.0 Å². The highest BCUT2D eigenvalue weighted by molar-refractivity contribution is 7.89. The average molecular weight is 567 g/mol. The molecule has 41 heavy (non-hydrogen) atoms. The molecule has 0 fully saturated rings. The Morgan fingerprint density at radius 3 is 2.32 bits per heavy atom. The van der Waals surface area contributed by atoms with Gasteiger partial charge in [-0.1, -0.05) is 72.8 Å². The summed E-state index contributed by atoms with van der Waals surface area (Å²) < 4.78 is 27.9. The topological polar surface area (TPSA) is 121 Å². The van der Waals surface area contributed by atoms with Gasteiger partial charge < -0.3 is 10.4 Å². The van der Waals surface area contributed by atoms with Crippen molar-refractivity contribution in [2.75, 3.05) is 6.54 Å². The maximum absolute atomic E-state index is 13.6. The molecule has 1 aliphatic heterocycles. The molecule has 1 unspecified atom stereocenters. The molecule has 0 radical (unpaired) electrons. The molecule has 1 atom stereocenters. The van der Waals surface area contributed by atoms with Crippen LogP contribution in [0.5, 0.6) is 0 Å². The summed E-state index contributed by atoms with van der Waals surface area (Å²) in [5.74, 6) is -1.75. The summed E-state index contributed by atoms with van der Waals surface area (Å²) in [7, 11) is -3.70. The molecular formula is C32H26N2O6S. The lowest BCUT2D eigenvalue weighted by Crippen LogP contribution is -2.36. The molecule has 2 aliphatic rings. The first kappa shape index (κ1) is 26.6. The number of aliphatic carboxylic acids is 1. The van der Waals surface area contributed by atoms with Gasteiger partial charge in [0.1, 0.15) is 0 Å². The third-order valence-corrected chi connectivity index (χ3v) is 9.53. The number of benzene rings is 4. The van der Waals surface area contributed by atoms with Gasteiger partial charge >= 0.3 is 5.97 Å². The number of ketones is 1. The zero-order valence-corrected chi connectivity index (χ0v) is 22.7. The largest absolute Gasteiger partial charge is 0.481 e. The highest BCUT2D eigenvalue weighted by Crippen LogP contribution is 2.39. The van der Waals surface area contributed by atoms with Crippen molar-refractivity contribution in [1.29, 1.82) is 0 Å². The van der Waals surface area contributed by atoms with E-state index in [0.717, 1.165) is 11.1 Å². The summed E-state index contributed by atoms with van der Waals surface area (Å²) >= 11 is 0. The number of rotatable bonds is 7. The Morgan fingerprint density at radius 2 is 1.56 bits per heavy atom. The van der Waals surface area contributed by atoms with E-state index < -0.39 is 27.9 Å². The Kier molecular flexibility index (Phi) is 6.76. The fourth-order valence-corrected chi connectivity index (χ4v) is 7.08. The van der Waals surface area contributed by atoms with Crippen molar-refractivity contribution in [2.45, 2.75) is 30.3 Å². The first-order chi connectivity index (χ1) is 19.7. The van der Waals surface area contributed by atoms with Crippen LogP contribution in [0.3, 0.4) is 0 Å². The number of nitrogens with one attached hydrogen (secondary N) is 1. The Morgan fingerprint density at radius 1 is 0.854 bits per heavy atom. The highest BCUT2D eigenvalue weighted by atomic mass is 32.2. The van der Waals surface area contributed by atoms with E-state index in [1.54, 1.807) is 84.9 Å². The quantitative estimate of drug-likeness (QED) is 0.297. The second kappa shape index (κ2) is 10.4. The number of carbonyl (C=O) groups excluding carboxylic acids is 2. The summed E-state index contributed by atoms with van der Waals surface area (Å²) in [6.45, 7) is 0.470. The number of carboxylic acid groups (broad SMARTS) is 1. The van der Waals surface area contributed by atoms with E-state index in [9.17, 15) is 27.9 Å². The molecule has 8 nitrogen and oxygen atoms in total. The smallest absolute Gasteiger partial charge is 0.305 e. The molecule has 206 valence electrons. The number of hydrogen-bond donors (Lipinski definition) is 2. The van der Waals surface area contributed by atoms with Crippen LogP contribution >= 0.6 is 0 Å². The van der Waals surface area contributed by atoms with E-state index in [0.29, 0.717) is 40.8 Å². The van der Waals surface area contributed by atoms with Crippen LogP contribution in [0.15, 0.2) is 95.9 Å². The van der Waals surface area contributed by atoms with Crippen molar-refractivity contribution in [3.05, 3.63) is 124 Å². The van der Waals surface area contributed by atoms with Gasteiger partial charge in [0.15, 0.2) is 5.78 Å². The minimum Gasteiger partial charge on any atom is -0.481 e. The maximum Gasteiger partial charge on any atom is 0.305 e. The SMILES string of the molecule is O=C(O)CC(NC(=O)c1cccc2c1-c1ccccc1C2=O)c1ccc2c(c1)CN(S(=O)(=O)c1ccccc1)CC2. The number of hydrogen-bond acceptors (Lipinski definition) is 5. The summed E-state index contributed by atoms with van der Waals surface area (Å²) in [6.07, 6.45) is 0.141. The Labute approximate surface area is 237 Å². The monoisotopic (exact) mass is 566 g/mol. The molecule has 9 heteroatoms. The predicted octanol–water partition coefficient (Wildman–Crippen LogP) is 4.59. The molecule has 4 aromatic rings. The molecule has 1 aliphatic carbocycles. The fourth-order valence-electron chi connectivity index (χ4n) is 5.64. The summed E-state index contributed by atoms with van der Waals surface area (Å²) in [6, 6.07) is 24.8. The number of sulfonamides is 1. The number of carbonyl (C=O) groups is 3. The van der Waals surface area contributed by atoms with Gasteiger partial charge in [0.25, 0.3) is 5.91 Å². The zero-order valence-electron chi connectivity index (χ0n) is 21.9. The molecule has 2 N–H and O–H groups in total. The number of amides is 1. The van der Waals surface area contributed by atoms with Crippen molar-refractivity contribution < 1.29 is 27.9 Å². The molecule has 0 bridgehead atoms. The van der Waals surface area contributed by atoms with Crippen LogP contribution in [0.2, 0.25) is 0 Å². The normalized spacial score (nSPS) is 15.0. The molecule has 0 spiro atoms. The lowest BCUT2D eigenvalue weighted by Gasteiger charge is -2.29. The molecule has 1 heterocycles. The van der Waals surface area contributed by atoms with Gasteiger partial charge in [-0.3, -0.25) is 14.4 Å². The van der Waals surface area contributed by atoms with Crippen molar-refractivity contribution >= 4 is 27.7 Å². The standard InChI is InChI=1S/C32H26N2O6S/c35-29(36)18-28(33-32(38)27-12-6-11-26-30(27)24-9-4-5-10-25(24)31(26)37)21-14-13-20-15-16-34(19-22(20)17-21)41(39,40)23-7-2-1-3-8-23/h1-14,17,28H,15-16,18-19H2,(H,33,38)(H,35,36). The van der Waals surface area contributed by atoms with Crippen LogP contribution in [-0.2, 0) is 27.8 Å². The van der Waals surface area contributed by atoms with E-state index in [1.165, 1.54) is 4.31 Å². The third kappa shape index (κ3) is 4.83. The van der Waals surface area contributed by atoms with E-state index in [1.807, 2.05) is 6.07 Å².